The molecule has 1 saturated heterocycles. The van der Waals surface area contributed by atoms with Gasteiger partial charge < -0.3 is 9.84 Å². The maximum Gasteiger partial charge on any atom is 0.115 e. The first-order valence-corrected chi connectivity index (χ1v) is 5.19. The van der Waals surface area contributed by atoms with Crippen molar-refractivity contribution in [3.8, 4) is 0 Å². The Hall–Kier alpha value is -0.283. The smallest absolute Gasteiger partial charge is 0.115 e. The third-order valence-electron chi connectivity index (χ3n) is 2.28. The summed E-state index contributed by atoms with van der Waals surface area (Å²) in [6.07, 6.45) is 5.07. The van der Waals surface area contributed by atoms with E-state index in [1.807, 2.05) is 6.92 Å². The Morgan fingerprint density at radius 3 is 2.82 bits per heavy atom. The van der Waals surface area contributed by atoms with Gasteiger partial charge in [-0.1, -0.05) is 0 Å². The van der Waals surface area contributed by atoms with Crippen LogP contribution in [0, 0.1) is 0 Å². The lowest BCUT2D eigenvalue weighted by Crippen LogP contribution is -2.38. The van der Waals surface area contributed by atoms with E-state index >= 15 is 0 Å². The Balaban J connectivity index is 2.64. The minimum absolute atomic E-state index is 0.257. The summed E-state index contributed by atoms with van der Waals surface area (Å²) in [5.41, 5.74) is 0. The summed E-state index contributed by atoms with van der Waals surface area (Å²) in [6, 6.07) is 0. The van der Waals surface area contributed by atoms with Gasteiger partial charge in [0.25, 0.3) is 0 Å². The van der Waals surface area contributed by atoms with Gasteiger partial charge in [0.05, 0.1) is 10.2 Å². The number of aliphatic hydroxyl groups excluding tert-OH is 1. The monoisotopic (exact) mass is 172 g/mol. The molecular weight excluding hydrogens is 156 g/mol. The van der Waals surface area contributed by atoms with E-state index in [0.717, 1.165) is 29.7 Å². The molecule has 64 valence electrons. The Bertz CT molecular complexity index is 159. The fraction of sp³-hybridized carbons (Fsp3) is 0.750. The molecule has 0 saturated carbocycles. The normalized spacial score (nSPS) is 34.1. The molecule has 3 heteroatoms. The maximum absolute atomic E-state index is 9.51. The predicted molar refractivity (Wildman–Crippen MR) is 48.9 cm³/mol. The molecule has 1 N–H and O–H groups in total. The van der Waals surface area contributed by atoms with E-state index in [4.69, 9.17) is 4.74 Å². The summed E-state index contributed by atoms with van der Waals surface area (Å²) < 4.78 is 5.56. The van der Waals surface area contributed by atoms with E-state index in [1.54, 1.807) is 6.08 Å². The van der Waals surface area contributed by atoms with Gasteiger partial charge in [0.1, 0.15) is 11.0 Å². The van der Waals surface area contributed by atoms with Crippen molar-refractivity contribution in [3.05, 3.63) is 11.8 Å². The van der Waals surface area contributed by atoms with Crippen LogP contribution in [0.3, 0.4) is 0 Å². The zero-order chi connectivity index (χ0) is 8.32. The van der Waals surface area contributed by atoms with Crippen molar-refractivity contribution in [2.24, 2.45) is 0 Å². The van der Waals surface area contributed by atoms with Crippen LogP contribution in [0.2, 0.25) is 0 Å². The van der Waals surface area contributed by atoms with Crippen LogP contribution < -0.4 is 0 Å². The summed E-state index contributed by atoms with van der Waals surface area (Å²) in [5.74, 6) is 0.434. The minimum atomic E-state index is -0.257. The second-order valence-electron chi connectivity index (χ2n) is 3.21. The highest BCUT2D eigenvalue weighted by Crippen LogP contribution is 2.27. The Morgan fingerprint density at radius 2 is 2.36 bits per heavy atom. The molecule has 0 radical (unpaired) electrons. The number of rotatable bonds is 1. The zero-order valence-electron chi connectivity index (χ0n) is 7.26. The number of aliphatic hydroxyl groups is 1. The first-order valence-electron chi connectivity index (χ1n) is 4.19. The molecule has 0 aromatic carbocycles. The van der Waals surface area contributed by atoms with Gasteiger partial charge >= 0.3 is 0 Å². The second kappa shape index (κ2) is 3.41. The molecule has 0 aromatic heterocycles. The molecular formula is C8H16O2Si. The lowest BCUT2D eigenvalue weighted by molar-refractivity contribution is -0.0170. The molecule has 11 heavy (non-hydrogen) atoms. The molecule has 0 aromatic rings. The third-order valence-corrected chi connectivity index (χ3v) is 3.59. The van der Waals surface area contributed by atoms with Crippen molar-refractivity contribution in [3.63, 3.8) is 0 Å². The highest BCUT2D eigenvalue weighted by atomic mass is 28.1. The van der Waals surface area contributed by atoms with Gasteiger partial charge in [-0.15, -0.1) is 0 Å². The fourth-order valence-corrected chi connectivity index (χ4v) is 2.29. The van der Waals surface area contributed by atoms with Crippen molar-refractivity contribution < 1.29 is 9.84 Å². The topological polar surface area (TPSA) is 29.5 Å². The van der Waals surface area contributed by atoms with Gasteiger partial charge in [0, 0.05) is 6.61 Å². The molecule has 1 aliphatic heterocycles. The van der Waals surface area contributed by atoms with Crippen LogP contribution in [0.1, 0.15) is 26.2 Å². The number of hydrogen-bond donors (Lipinski definition) is 1. The molecule has 0 spiro atoms. The standard InChI is InChI=1S/C8H16O2Si/c1-2-7(9)8(11)5-3-4-6-10-8/h2,9H,3-6H2,1,11H3. The van der Waals surface area contributed by atoms with Crippen LogP contribution in [0.5, 0.6) is 0 Å². The van der Waals surface area contributed by atoms with Gasteiger partial charge in [-0.25, -0.2) is 0 Å². The van der Waals surface area contributed by atoms with Gasteiger partial charge in [-0.3, -0.25) is 0 Å². The molecule has 1 aliphatic rings. The lowest BCUT2D eigenvalue weighted by Gasteiger charge is -2.33. The molecule has 1 heterocycles. The SMILES string of the molecule is CC=C(O)C1([SiH3])CCCCO1. The van der Waals surface area contributed by atoms with Crippen molar-refractivity contribution >= 4 is 10.2 Å². The lowest BCUT2D eigenvalue weighted by atomic mass is 10.1. The van der Waals surface area contributed by atoms with E-state index in [9.17, 15) is 5.11 Å². The van der Waals surface area contributed by atoms with Crippen molar-refractivity contribution in [2.75, 3.05) is 6.61 Å². The largest absolute Gasteiger partial charge is 0.510 e. The van der Waals surface area contributed by atoms with Gasteiger partial charge in [0.2, 0.25) is 0 Å². The molecule has 1 rings (SSSR count). The van der Waals surface area contributed by atoms with Crippen molar-refractivity contribution in [1.29, 1.82) is 0 Å². The van der Waals surface area contributed by atoms with Crippen LogP contribution >= 0.6 is 0 Å². The van der Waals surface area contributed by atoms with Crippen molar-refractivity contribution in [1.82, 2.24) is 0 Å². The number of allylic oxidation sites excluding steroid dienone is 1. The van der Waals surface area contributed by atoms with E-state index in [0.29, 0.717) is 5.76 Å². The number of ether oxygens (including phenoxy) is 1. The molecule has 0 amide bonds. The van der Waals surface area contributed by atoms with Crippen molar-refractivity contribution in [2.45, 2.75) is 31.4 Å². The molecule has 0 aliphatic carbocycles. The van der Waals surface area contributed by atoms with E-state index in [1.165, 1.54) is 6.42 Å². The van der Waals surface area contributed by atoms with E-state index in [2.05, 4.69) is 0 Å². The van der Waals surface area contributed by atoms with Crippen LogP contribution in [0.15, 0.2) is 11.8 Å². The minimum Gasteiger partial charge on any atom is -0.510 e. The molecule has 1 fully saturated rings. The Labute approximate surface area is 70.7 Å². The first-order chi connectivity index (χ1) is 5.19. The summed E-state index contributed by atoms with van der Waals surface area (Å²) in [7, 11) is 0.883. The van der Waals surface area contributed by atoms with Crippen LogP contribution in [0.4, 0.5) is 0 Å². The highest BCUT2D eigenvalue weighted by molar-refractivity contribution is 6.16. The van der Waals surface area contributed by atoms with Crippen LogP contribution in [-0.2, 0) is 4.74 Å². The zero-order valence-corrected chi connectivity index (χ0v) is 9.26. The summed E-state index contributed by atoms with van der Waals surface area (Å²) in [6.45, 7) is 2.66. The Kier molecular flexibility index (Phi) is 2.73. The highest BCUT2D eigenvalue weighted by Gasteiger charge is 2.31. The van der Waals surface area contributed by atoms with Crippen LogP contribution in [-0.4, -0.2) is 27.2 Å². The average Bonchev–Trinajstić information content (AvgIpc) is 2.04. The molecule has 1 unspecified atom stereocenters. The summed E-state index contributed by atoms with van der Waals surface area (Å²) >= 11 is 0. The van der Waals surface area contributed by atoms with E-state index < -0.39 is 0 Å². The predicted octanol–water partition coefficient (Wildman–Crippen LogP) is 0.710. The van der Waals surface area contributed by atoms with E-state index in [-0.39, 0.29) is 5.22 Å². The van der Waals surface area contributed by atoms with Gasteiger partial charge in [-0.05, 0) is 32.3 Å². The maximum atomic E-state index is 9.51. The fourth-order valence-electron chi connectivity index (χ4n) is 1.44. The van der Waals surface area contributed by atoms with Gasteiger partial charge in [-0.2, -0.15) is 0 Å². The summed E-state index contributed by atoms with van der Waals surface area (Å²) in [5, 5.41) is 9.26. The Morgan fingerprint density at radius 1 is 1.64 bits per heavy atom. The number of hydrogen-bond acceptors (Lipinski definition) is 2. The molecule has 0 bridgehead atoms. The molecule has 1 atom stereocenters. The summed E-state index contributed by atoms with van der Waals surface area (Å²) in [4.78, 5) is 0. The molecule has 2 nitrogen and oxygen atoms in total. The quantitative estimate of drug-likeness (QED) is 0.466. The van der Waals surface area contributed by atoms with Crippen LogP contribution in [0.25, 0.3) is 0 Å². The van der Waals surface area contributed by atoms with Gasteiger partial charge in [0.15, 0.2) is 0 Å². The second-order valence-corrected chi connectivity index (χ2v) is 4.83. The average molecular weight is 172 g/mol. The first kappa shape index (κ1) is 8.81. The third kappa shape index (κ3) is 1.84.